The van der Waals surface area contributed by atoms with E-state index in [2.05, 4.69) is 23.1 Å². The molecule has 6 heteroatoms. The lowest BCUT2D eigenvalue weighted by atomic mass is 10.1. The van der Waals surface area contributed by atoms with E-state index in [-0.39, 0.29) is 11.9 Å². The highest BCUT2D eigenvalue weighted by molar-refractivity contribution is 5.77. The van der Waals surface area contributed by atoms with Gasteiger partial charge in [-0.1, -0.05) is 6.07 Å². The number of morpholine rings is 1. The fraction of sp³-hybridized carbons (Fsp3) is 0.667. The molecule has 2 saturated heterocycles. The van der Waals surface area contributed by atoms with E-state index in [1.807, 2.05) is 4.90 Å². The summed E-state index contributed by atoms with van der Waals surface area (Å²) in [5, 5.41) is 0. The van der Waals surface area contributed by atoms with Gasteiger partial charge in [0.25, 0.3) is 0 Å². The fourth-order valence-corrected chi connectivity index (χ4v) is 3.47. The number of rotatable bonds is 6. The molecule has 6 nitrogen and oxygen atoms in total. The molecule has 0 aliphatic carbocycles. The maximum atomic E-state index is 12.4. The highest BCUT2D eigenvalue weighted by atomic mass is 16.5. The van der Waals surface area contributed by atoms with Crippen molar-refractivity contribution in [1.29, 1.82) is 0 Å². The first-order chi connectivity index (χ1) is 11.8. The number of aromatic nitrogens is 1. The van der Waals surface area contributed by atoms with Crippen molar-refractivity contribution < 1.29 is 14.3 Å². The monoisotopic (exact) mass is 333 g/mol. The molecular weight excluding hydrogens is 306 g/mol. The summed E-state index contributed by atoms with van der Waals surface area (Å²) in [5.74, 6) is 0.166. The van der Waals surface area contributed by atoms with Crippen LogP contribution in [0.1, 0.15) is 36.7 Å². The third kappa shape index (κ3) is 4.32. The summed E-state index contributed by atoms with van der Waals surface area (Å²) >= 11 is 0. The Morgan fingerprint density at radius 3 is 2.96 bits per heavy atom. The topological polar surface area (TPSA) is 54.9 Å². The molecule has 0 N–H and O–H groups in total. The molecule has 24 heavy (non-hydrogen) atoms. The molecule has 1 amide bonds. The van der Waals surface area contributed by atoms with Crippen molar-refractivity contribution in [3.63, 3.8) is 0 Å². The number of pyridine rings is 1. The maximum Gasteiger partial charge on any atom is 0.225 e. The number of hydrogen-bond donors (Lipinski definition) is 0. The van der Waals surface area contributed by atoms with E-state index in [9.17, 15) is 4.79 Å². The Morgan fingerprint density at radius 1 is 1.33 bits per heavy atom. The van der Waals surface area contributed by atoms with Gasteiger partial charge in [0.15, 0.2) is 0 Å². The second kappa shape index (κ2) is 8.55. The van der Waals surface area contributed by atoms with Gasteiger partial charge in [-0.05, 0) is 25.0 Å². The van der Waals surface area contributed by atoms with Crippen LogP contribution in [-0.2, 0) is 20.8 Å². The van der Waals surface area contributed by atoms with Gasteiger partial charge in [0.05, 0.1) is 43.7 Å². The van der Waals surface area contributed by atoms with Crippen LogP contribution in [0.5, 0.6) is 0 Å². The van der Waals surface area contributed by atoms with E-state index in [0.29, 0.717) is 13.0 Å². The van der Waals surface area contributed by atoms with Gasteiger partial charge in [-0.3, -0.25) is 14.7 Å². The molecule has 0 spiro atoms. The zero-order chi connectivity index (χ0) is 16.8. The minimum Gasteiger partial charge on any atom is -0.384 e. The number of hydrogen-bond acceptors (Lipinski definition) is 5. The number of carbonyl (C=O) groups excluding carboxylic acids is 1. The molecule has 3 heterocycles. The lowest BCUT2D eigenvalue weighted by Gasteiger charge is -2.27. The lowest BCUT2D eigenvalue weighted by molar-refractivity contribution is -0.133. The number of amides is 1. The summed E-state index contributed by atoms with van der Waals surface area (Å²) < 4.78 is 10.4. The van der Waals surface area contributed by atoms with Gasteiger partial charge in [0.1, 0.15) is 0 Å². The summed E-state index contributed by atoms with van der Waals surface area (Å²) in [6.07, 6.45) is 2.48. The highest BCUT2D eigenvalue weighted by Crippen LogP contribution is 2.31. The number of ether oxygens (including phenoxy) is 2. The van der Waals surface area contributed by atoms with Crippen molar-refractivity contribution in [3.05, 3.63) is 29.6 Å². The van der Waals surface area contributed by atoms with Gasteiger partial charge < -0.3 is 14.4 Å². The number of likely N-dealkylation sites (tertiary alicyclic amines) is 1. The summed E-state index contributed by atoms with van der Waals surface area (Å²) in [7, 11) is 1.63. The van der Waals surface area contributed by atoms with Crippen LogP contribution in [0.2, 0.25) is 0 Å². The molecule has 1 aromatic heterocycles. The third-order valence-corrected chi connectivity index (χ3v) is 4.75. The van der Waals surface area contributed by atoms with E-state index >= 15 is 0 Å². The molecule has 1 unspecified atom stereocenters. The van der Waals surface area contributed by atoms with Gasteiger partial charge in [-0.2, -0.15) is 0 Å². The molecule has 0 aromatic carbocycles. The van der Waals surface area contributed by atoms with Gasteiger partial charge in [0, 0.05) is 33.3 Å². The van der Waals surface area contributed by atoms with Crippen LogP contribution in [0.4, 0.5) is 0 Å². The molecule has 1 aromatic rings. The van der Waals surface area contributed by atoms with Gasteiger partial charge in [-0.25, -0.2) is 0 Å². The van der Waals surface area contributed by atoms with Crippen molar-refractivity contribution in [2.45, 2.75) is 31.8 Å². The molecule has 2 aliphatic heterocycles. The molecule has 0 saturated carbocycles. The minimum atomic E-state index is 0.110. The Labute approximate surface area is 143 Å². The van der Waals surface area contributed by atoms with E-state index < -0.39 is 0 Å². The van der Waals surface area contributed by atoms with Crippen LogP contribution < -0.4 is 0 Å². The minimum absolute atomic E-state index is 0.110. The molecule has 1 atom stereocenters. The largest absolute Gasteiger partial charge is 0.384 e. The number of methoxy groups -OCH3 is 1. The maximum absolute atomic E-state index is 12.4. The quantitative estimate of drug-likeness (QED) is 0.792. The zero-order valence-corrected chi connectivity index (χ0v) is 14.4. The van der Waals surface area contributed by atoms with Gasteiger partial charge in [-0.15, -0.1) is 0 Å². The Kier molecular flexibility index (Phi) is 6.18. The Morgan fingerprint density at radius 2 is 2.17 bits per heavy atom. The second-order valence-electron chi connectivity index (χ2n) is 6.43. The molecule has 2 fully saturated rings. The van der Waals surface area contributed by atoms with Crippen LogP contribution >= 0.6 is 0 Å². The van der Waals surface area contributed by atoms with Crippen molar-refractivity contribution in [2.75, 3.05) is 46.6 Å². The lowest BCUT2D eigenvalue weighted by Crippen LogP contribution is -2.36. The van der Waals surface area contributed by atoms with Crippen LogP contribution in [0, 0.1) is 0 Å². The van der Waals surface area contributed by atoms with E-state index in [0.717, 1.165) is 63.6 Å². The molecule has 0 bridgehead atoms. The normalized spacial score (nSPS) is 22.0. The van der Waals surface area contributed by atoms with Gasteiger partial charge in [0.2, 0.25) is 5.91 Å². The Balaban J connectivity index is 1.66. The molecule has 132 valence electrons. The average molecular weight is 333 g/mol. The van der Waals surface area contributed by atoms with E-state index in [4.69, 9.17) is 14.5 Å². The van der Waals surface area contributed by atoms with Crippen LogP contribution in [-0.4, -0.2) is 67.3 Å². The van der Waals surface area contributed by atoms with Crippen LogP contribution in [0.3, 0.4) is 0 Å². The smallest absolute Gasteiger partial charge is 0.225 e. The molecule has 3 rings (SSSR count). The summed E-state index contributed by atoms with van der Waals surface area (Å²) in [6.45, 7) is 5.65. The predicted molar refractivity (Wildman–Crippen MR) is 90.5 cm³/mol. The highest BCUT2D eigenvalue weighted by Gasteiger charge is 2.30. The first kappa shape index (κ1) is 17.3. The molecular formula is C18H27N3O3. The predicted octanol–water partition coefficient (Wildman–Crippen LogP) is 1.61. The summed E-state index contributed by atoms with van der Waals surface area (Å²) in [6, 6.07) is 6.30. The van der Waals surface area contributed by atoms with Crippen LogP contribution in [0.15, 0.2) is 18.2 Å². The van der Waals surface area contributed by atoms with Crippen molar-refractivity contribution >= 4 is 5.91 Å². The SMILES string of the molecule is COCCC(=O)N1CCCC1c1cccc(CN2CCOCC2)n1. The van der Waals surface area contributed by atoms with Crippen LogP contribution in [0.25, 0.3) is 0 Å². The third-order valence-electron chi connectivity index (χ3n) is 4.75. The fourth-order valence-electron chi connectivity index (χ4n) is 3.47. The average Bonchev–Trinajstić information content (AvgIpc) is 3.11. The van der Waals surface area contributed by atoms with E-state index in [1.54, 1.807) is 7.11 Å². The molecule has 2 aliphatic rings. The zero-order valence-electron chi connectivity index (χ0n) is 14.4. The van der Waals surface area contributed by atoms with E-state index in [1.165, 1.54) is 0 Å². The van der Waals surface area contributed by atoms with Crippen molar-refractivity contribution in [3.8, 4) is 0 Å². The second-order valence-corrected chi connectivity index (χ2v) is 6.43. The number of nitrogens with zero attached hydrogens (tertiary/aromatic N) is 3. The van der Waals surface area contributed by atoms with Crippen molar-refractivity contribution in [1.82, 2.24) is 14.8 Å². The molecule has 0 radical (unpaired) electrons. The standard InChI is InChI=1S/C18H27N3O3/c1-23-11-7-18(22)21-8-3-6-17(21)16-5-2-4-15(19-16)14-20-9-12-24-13-10-20/h2,4-5,17H,3,6-14H2,1H3. The summed E-state index contributed by atoms with van der Waals surface area (Å²) in [4.78, 5) is 21.6. The first-order valence-corrected chi connectivity index (χ1v) is 8.82. The number of carbonyl (C=O) groups is 1. The van der Waals surface area contributed by atoms with Gasteiger partial charge >= 0.3 is 0 Å². The van der Waals surface area contributed by atoms with Crippen molar-refractivity contribution in [2.24, 2.45) is 0 Å². The summed E-state index contributed by atoms with van der Waals surface area (Å²) in [5.41, 5.74) is 2.09. The Bertz CT molecular complexity index is 546. The first-order valence-electron chi connectivity index (χ1n) is 8.82. The Hall–Kier alpha value is -1.50.